The van der Waals surface area contributed by atoms with Crippen LogP contribution in [0.2, 0.25) is 0 Å². The second kappa shape index (κ2) is 7.91. The highest BCUT2D eigenvalue weighted by molar-refractivity contribution is 6.01. The maximum Gasteiger partial charge on any atom is 0.165 e. The molecule has 0 aliphatic carbocycles. The zero-order chi connectivity index (χ0) is 21.3. The highest BCUT2D eigenvalue weighted by Crippen LogP contribution is 2.36. The molecule has 3 aromatic heterocycles. The van der Waals surface area contributed by atoms with Gasteiger partial charge in [-0.2, -0.15) is 0 Å². The molecule has 4 aromatic rings. The molecule has 3 heterocycles. The van der Waals surface area contributed by atoms with Crippen LogP contribution in [-0.2, 0) is 0 Å². The first-order valence-electron chi connectivity index (χ1n) is 9.61. The molecule has 0 unspecified atom stereocenters. The number of aryl methyl sites for hydroxylation is 1. The van der Waals surface area contributed by atoms with Crippen molar-refractivity contribution in [2.24, 2.45) is 4.99 Å². The molecule has 1 aromatic carbocycles. The number of carbonyl (C=O) groups excluding carboxylic acids is 1. The predicted molar refractivity (Wildman–Crippen MR) is 119 cm³/mol. The second-order valence-corrected chi connectivity index (χ2v) is 7.34. The number of fused-ring (bicyclic) bond motifs is 1. The van der Waals surface area contributed by atoms with E-state index in [4.69, 9.17) is 9.40 Å². The summed E-state index contributed by atoms with van der Waals surface area (Å²) in [6.07, 6.45) is 3.40. The van der Waals surface area contributed by atoms with Gasteiger partial charge in [0.25, 0.3) is 0 Å². The van der Waals surface area contributed by atoms with Crippen molar-refractivity contribution in [1.82, 2.24) is 14.9 Å². The molecule has 30 heavy (non-hydrogen) atoms. The molecule has 0 fully saturated rings. The number of benzene rings is 1. The molecule has 0 bridgehead atoms. The van der Waals surface area contributed by atoms with Gasteiger partial charge in [0, 0.05) is 31.2 Å². The Hall–Kier alpha value is -3.80. The van der Waals surface area contributed by atoms with Crippen LogP contribution in [0.25, 0.3) is 33.5 Å². The average Bonchev–Trinajstić information content (AvgIpc) is 3.17. The minimum absolute atomic E-state index is 0.0979. The van der Waals surface area contributed by atoms with Gasteiger partial charge in [0.15, 0.2) is 17.4 Å². The summed E-state index contributed by atoms with van der Waals surface area (Å²) in [5.41, 5.74) is 3.74. The third kappa shape index (κ3) is 3.85. The Labute approximate surface area is 174 Å². The van der Waals surface area contributed by atoms with Crippen LogP contribution < -0.4 is 0 Å². The number of nitrogens with zero attached hydrogens (tertiary/aromatic N) is 4. The molecule has 150 valence electrons. The molecule has 4 rings (SSSR count). The number of rotatable bonds is 5. The van der Waals surface area contributed by atoms with Gasteiger partial charge in [0.05, 0.1) is 17.4 Å². The van der Waals surface area contributed by atoms with Crippen molar-refractivity contribution in [1.29, 1.82) is 0 Å². The summed E-state index contributed by atoms with van der Waals surface area (Å²) in [5.74, 6) is 1.69. The van der Waals surface area contributed by atoms with Gasteiger partial charge in [-0.05, 0) is 55.8 Å². The summed E-state index contributed by atoms with van der Waals surface area (Å²) in [4.78, 5) is 27.8. The number of hydrogen-bond donors (Lipinski definition) is 0. The summed E-state index contributed by atoms with van der Waals surface area (Å²) in [7, 11) is 3.73. The Kier molecular flexibility index (Phi) is 5.14. The van der Waals surface area contributed by atoms with Crippen molar-refractivity contribution >= 4 is 28.8 Å². The molecular weight excluding hydrogens is 376 g/mol. The van der Waals surface area contributed by atoms with E-state index in [0.29, 0.717) is 22.8 Å². The molecule has 0 N–H and O–H groups in total. The van der Waals surface area contributed by atoms with Crippen LogP contribution in [0.1, 0.15) is 23.0 Å². The Bertz CT molecular complexity index is 1270. The normalized spacial score (nSPS) is 11.3. The summed E-state index contributed by atoms with van der Waals surface area (Å²) in [6, 6.07) is 15.5. The van der Waals surface area contributed by atoms with Gasteiger partial charge in [-0.1, -0.05) is 12.1 Å². The van der Waals surface area contributed by atoms with Gasteiger partial charge in [0.1, 0.15) is 11.5 Å². The van der Waals surface area contributed by atoms with E-state index in [1.165, 1.54) is 6.92 Å². The van der Waals surface area contributed by atoms with Crippen molar-refractivity contribution in [2.75, 3.05) is 14.1 Å². The number of Topliss-reactive ketones (excluding diaryl/α,β-unsaturated/α-hetero) is 1. The zero-order valence-corrected chi connectivity index (χ0v) is 17.4. The molecule has 0 aliphatic heterocycles. The average molecular weight is 398 g/mol. The lowest BCUT2D eigenvalue weighted by atomic mass is 9.97. The third-order valence-corrected chi connectivity index (χ3v) is 4.68. The number of aromatic nitrogens is 2. The van der Waals surface area contributed by atoms with E-state index in [2.05, 4.69) is 9.98 Å². The lowest BCUT2D eigenvalue weighted by molar-refractivity contribution is 0.101. The van der Waals surface area contributed by atoms with E-state index >= 15 is 0 Å². The molecule has 0 saturated carbocycles. The Balaban J connectivity index is 1.99. The first-order chi connectivity index (χ1) is 14.4. The van der Waals surface area contributed by atoms with Gasteiger partial charge in [-0.15, -0.1) is 0 Å². The number of pyridine rings is 2. The van der Waals surface area contributed by atoms with Crippen LogP contribution in [0.5, 0.6) is 0 Å². The van der Waals surface area contributed by atoms with E-state index in [9.17, 15) is 4.79 Å². The number of aliphatic imine (C=N–C) groups is 1. The number of hydrogen-bond acceptors (Lipinski definition) is 5. The molecule has 0 aliphatic rings. The molecular formula is C24H22N4O2. The van der Waals surface area contributed by atoms with E-state index in [1.807, 2.05) is 69.6 Å². The Morgan fingerprint density at radius 1 is 1.13 bits per heavy atom. The fourth-order valence-electron chi connectivity index (χ4n) is 3.24. The van der Waals surface area contributed by atoms with Crippen molar-refractivity contribution in [3.63, 3.8) is 0 Å². The van der Waals surface area contributed by atoms with Crippen LogP contribution in [0.15, 0.2) is 64.1 Å². The minimum atomic E-state index is -0.0979. The third-order valence-electron chi connectivity index (χ3n) is 4.68. The minimum Gasteiger partial charge on any atom is -0.460 e. The van der Waals surface area contributed by atoms with Crippen LogP contribution >= 0.6 is 0 Å². The highest BCUT2D eigenvalue weighted by Gasteiger charge is 2.19. The van der Waals surface area contributed by atoms with Crippen molar-refractivity contribution in [2.45, 2.75) is 13.8 Å². The lowest BCUT2D eigenvalue weighted by Gasteiger charge is -2.13. The highest BCUT2D eigenvalue weighted by atomic mass is 16.3. The largest absolute Gasteiger partial charge is 0.460 e. The fraction of sp³-hybridized carbons (Fsp3) is 0.167. The van der Waals surface area contributed by atoms with Gasteiger partial charge in [-0.25, -0.2) is 9.98 Å². The first-order valence-corrected chi connectivity index (χ1v) is 9.61. The maximum atomic E-state index is 12.4. The predicted octanol–water partition coefficient (Wildman–Crippen LogP) is 5.29. The quantitative estimate of drug-likeness (QED) is 0.259. The number of carbonyl (C=O) groups is 1. The summed E-state index contributed by atoms with van der Waals surface area (Å²) >= 11 is 0. The number of ketones is 1. The molecule has 0 atom stereocenters. The molecule has 0 spiro atoms. The van der Waals surface area contributed by atoms with Crippen LogP contribution in [0.4, 0.5) is 5.82 Å². The molecule has 0 saturated heterocycles. The van der Waals surface area contributed by atoms with Crippen LogP contribution in [0, 0.1) is 6.92 Å². The lowest BCUT2D eigenvalue weighted by Crippen LogP contribution is -2.08. The SMILES string of the molecule is CC(=O)c1cc(-c2ccc3ncccc3c2)c(-c2ccc(C)o2)nc1/N=C/N(C)C. The van der Waals surface area contributed by atoms with Crippen LogP contribution in [-0.4, -0.2) is 41.1 Å². The molecule has 6 heteroatoms. The fourth-order valence-corrected chi connectivity index (χ4v) is 3.24. The summed E-state index contributed by atoms with van der Waals surface area (Å²) < 4.78 is 5.88. The number of furan rings is 1. The van der Waals surface area contributed by atoms with Crippen molar-refractivity contribution in [3.8, 4) is 22.6 Å². The van der Waals surface area contributed by atoms with E-state index in [-0.39, 0.29) is 5.78 Å². The Morgan fingerprint density at radius 2 is 1.97 bits per heavy atom. The summed E-state index contributed by atoms with van der Waals surface area (Å²) in [5, 5.41) is 1.01. The topological polar surface area (TPSA) is 71.6 Å². The smallest absolute Gasteiger partial charge is 0.165 e. The van der Waals surface area contributed by atoms with E-state index in [0.717, 1.165) is 27.8 Å². The van der Waals surface area contributed by atoms with Gasteiger partial charge < -0.3 is 9.32 Å². The van der Waals surface area contributed by atoms with Crippen LogP contribution in [0.3, 0.4) is 0 Å². The zero-order valence-electron chi connectivity index (χ0n) is 17.4. The monoisotopic (exact) mass is 398 g/mol. The van der Waals surface area contributed by atoms with Crippen molar-refractivity contribution < 1.29 is 9.21 Å². The molecule has 0 radical (unpaired) electrons. The second-order valence-electron chi connectivity index (χ2n) is 7.34. The maximum absolute atomic E-state index is 12.4. The van der Waals surface area contributed by atoms with Gasteiger partial charge >= 0.3 is 0 Å². The Morgan fingerprint density at radius 3 is 2.67 bits per heavy atom. The van der Waals surface area contributed by atoms with Gasteiger partial charge in [-0.3, -0.25) is 9.78 Å². The standard InChI is InChI=1S/C24H22N4O2/c1-15-7-10-22(30-15)23-20(17-8-9-21-18(12-17)6-5-11-25-21)13-19(16(2)29)24(27-23)26-14-28(3)4/h5-14H,1-4H3/b26-14+. The van der Waals surface area contributed by atoms with Gasteiger partial charge in [0.2, 0.25) is 0 Å². The van der Waals surface area contributed by atoms with E-state index < -0.39 is 0 Å². The van der Waals surface area contributed by atoms with Crippen molar-refractivity contribution in [3.05, 3.63) is 66.1 Å². The molecule has 0 amide bonds. The summed E-state index contributed by atoms with van der Waals surface area (Å²) in [6.45, 7) is 3.41. The first kappa shape index (κ1) is 19.5. The van der Waals surface area contributed by atoms with E-state index in [1.54, 1.807) is 17.4 Å². The molecule has 6 nitrogen and oxygen atoms in total.